The average Bonchev–Trinajstić information content (AvgIpc) is 2.61. The van der Waals surface area contributed by atoms with Gasteiger partial charge in [0, 0.05) is 5.56 Å². The molecule has 1 heterocycles. The van der Waals surface area contributed by atoms with Crippen molar-refractivity contribution in [2.75, 3.05) is 11.1 Å². The number of aromatic amines is 1. The number of aromatic nitrogens is 2. The summed E-state index contributed by atoms with van der Waals surface area (Å²) in [4.78, 5) is 41.9. The molecule has 144 valence electrons. The second-order valence-electron chi connectivity index (χ2n) is 5.66. The van der Waals surface area contributed by atoms with Crippen LogP contribution in [0.4, 0.5) is 15.9 Å². The van der Waals surface area contributed by atoms with E-state index >= 15 is 0 Å². The van der Waals surface area contributed by atoms with Gasteiger partial charge in [-0.25, -0.2) is 9.37 Å². The van der Waals surface area contributed by atoms with E-state index in [1.54, 1.807) is 0 Å². The van der Waals surface area contributed by atoms with Crippen LogP contribution < -0.4 is 21.7 Å². The Morgan fingerprint density at radius 3 is 2.59 bits per heavy atom. The van der Waals surface area contributed by atoms with Crippen molar-refractivity contribution in [1.29, 1.82) is 0 Å². The summed E-state index contributed by atoms with van der Waals surface area (Å²) in [5.41, 5.74) is 4.87. The van der Waals surface area contributed by atoms with Gasteiger partial charge in [-0.15, -0.1) is 0 Å². The zero-order valence-corrected chi connectivity index (χ0v) is 15.3. The maximum atomic E-state index is 12.9. The highest BCUT2D eigenvalue weighted by atomic mass is 32.2. The van der Waals surface area contributed by atoms with E-state index in [9.17, 15) is 23.9 Å². The van der Waals surface area contributed by atoms with Crippen LogP contribution in [0.2, 0.25) is 0 Å². The average molecular weight is 393 g/mol. The molecule has 1 amide bonds. The molecule has 0 bridgehead atoms. The Labute approximate surface area is 158 Å². The number of hydrogen-bond donors (Lipinski definition) is 3. The van der Waals surface area contributed by atoms with Crippen LogP contribution in [-0.4, -0.2) is 27.1 Å². The number of nitrogens with two attached hydrogens (primary N) is 1. The van der Waals surface area contributed by atoms with Gasteiger partial charge in [-0.2, -0.15) is 0 Å². The number of carboxylic acids is 1. The second-order valence-corrected chi connectivity index (χ2v) is 6.85. The van der Waals surface area contributed by atoms with Crippen LogP contribution in [0.1, 0.15) is 36.5 Å². The maximum absolute atomic E-state index is 12.9. The molecule has 0 unspecified atom stereocenters. The standard InChI is InChI=1S/C17H19FN4O4S/c1-2-3-4-11(16(25)26)27-17-21-13(19)12(15(24)22-17)20-14(23)9-5-7-10(18)8-6-9/h5-8,11H,2-4H2,1H3,(H,20,23)(H,25,26)(H3,19,21,22,24)/p-1/t11-/m0/s1. The number of nitrogens with one attached hydrogen (secondary N) is 2. The molecule has 0 aliphatic carbocycles. The number of rotatable bonds is 8. The summed E-state index contributed by atoms with van der Waals surface area (Å²) in [7, 11) is 0. The maximum Gasteiger partial charge on any atom is 0.277 e. The minimum atomic E-state index is -1.26. The normalized spacial score (nSPS) is 11.8. The number of halogens is 1. The summed E-state index contributed by atoms with van der Waals surface area (Å²) in [5.74, 6) is -2.69. The lowest BCUT2D eigenvalue weighted by Gasteiger charge is -2.17. The first-order chi connectivity index (χ1) is 12.8. The molecule has 10 heteroatoms. The van der Waals surface area contributed by atoms with Crippen LogP contribution in [0.25, 0.3) is 0 Å². The Morgan fingerprint density at radius 2 is 2.04 bits per heavy atom. The minimum Gasteiger partial charge on any atom is -0.549 e. The quantitative estimate of drug-likeness (QED) is 0.451. The molecule has 0 spiro atoms. The van der Waals surface area contributed by atoms with Gasteiger partial charge in [0.2, 0.25) is 0 Å². The monoisotopic (exact) mass is 393 g/mol. The minimum absolute atomic E-state index is 0.0163. The van der Waals surface area contributed by atoms with Gasteiger partial charge in [-0.3, -0.25) is 14.6 Å². The van der Waals surface area contributed by atoms with Crippen molar-refractivity contribution in [3.63, 3.8) is 0 Å². The van der Waals surface area contributed by atoms with Gasteiger partial charge in [0.25, 0.3) is 11.5 Å². The van der Waals surface area contributed by atoms with E-state index in [-0.39, 0.29) is 22.2 Å². The van der Waals surface area contributed by atoms with E-state index in [1.165, 1.54) is 12.1 Å². The summed E-state index contributed by atoms with van der Waals surface area (Å²) >= 11 is 0.828. The molecule has 1 aromatic carbocycles. The Bertz CT molecular complexity index is 885. The van der Waals surface area contributed by atoms with E-state index in [0.29, 0.717) is 12.8 Å². The number of hydrogen-bond acceptors (Lipinski definition) is 7. The van der Waals surface area contributed by atoms with Gasteiger partial charge in [0.1, 0.15) is 11.5 Å². The Morgan fingerprint density at radius 1 is 1.37 bits per heavy atom. The van der Waals surface area contributed by atoms with Gasteiger partial charge in [0.15, 0.2) is 11.0 Å². The number of nitrogen functional groups attached to an aromatic ring is 1. The van der Waals surface area contributed by atoms with Gasteiger partial charge < -0.3 is 21.0 Å². The third-order valence-electron chi connectivity index (χ3n) is 3.61. The zero-order chi connectivity index (χ0) is 20.0. The molecule has 1 aromatic heterocycles. The summed E-state index contributed by atoms with van der Waals surface area (Å²) in [6.07, 6.45) is 1.85. The Hall–Kier alpha value is -2.88. The van der Waals surface area contributed by atoms with E-state index in [4.69, 9.17) is 5.73 Å². The third kappa shape index (κ3) is 5.55. The fraction of sp³-hybridized carbons (Fsp3) is 0.294. The van der Waals surface area contributed by atoms with E-state index < -0.39 is 28.5 Å². The summed E-state index contributed by atoms with van der Waals surface area (Å²) in [6, 6.07) is 4.73. The van der Waals surface area contributed by atoms with Gasteiger partial charge in [-0.05, 0) is 30.7 Å². The van der Waals surface area contributed by atoms with Crippen LogP contribution in [-0.2, 0) is 4.79 Å². The topological polar surface area (TPSA) is 141 Å². The van der Waals surface area contributed by atoms with Crippen molar-refractivity contribution in [3.05, 3.63) is 46.0 Å². The number of H-pyrrole nitrogens is 1. The molecule has 0 saturated carbocycles. The first-order valence-electron chi connectivity index (χ1n) is 8.16. The Balaban J connectivity index is 2.18. The van der Waals surface area contributed by atoms with E-state index in [0.717, 1.165) is 30.3 Å². The van der Waals surface area contributed by atoms with Crippen LogP contribution in [0, 0.1) is 5.82 Å². The number of carbonyl (C=O) groups excluding carboxylic acids is 2. The van der Waals surface area contributed by atoms with Crippen LogP contribution in [0.15, 0.2) is 34.2 Å². The van der Waals surface area contributed by atoms with Crippen molar-refractivity contribution in [1.82, 2.24) is 9.97 Å². The number of amides is 1. The number of carboxylic acid groups (broad SMARTS) is 1. The highest BCUT2D eigenvalue weighted by Gasteiger charge is 2.17. The molecule has 27 heavy (non-hydrogen) atoms. The molecule has 2 rings (SSSR count). The van der Waals surface area contributed by atoms with Crippen molar-refractivity contribution < 1.29 is 19.1 Å². The lowest BCUT2D eigenvalue weighted by Crippen LogP contribution is -2.34. The molecular weight excluding hydrogens is 375 g/mol. The third-order valence-corrected chi connectivity index (χ3v) is 4.74. The number of thioether (sulfide) groups is 1. The largest absolute Gasteiger partial charge is 0.549 e. The highest BCUT2D eigenvalue weighted by Crippen LogP contribution is 2.24. The number of carbonyl (C=O) groups is 2. The summed E-state index contributed by atoms with van der Waals surface area (Å²) in [5, 5.41) is 12.7. The number of unbranched alkanes of at least 4 members (excludes halogenated alkanes) is 1. The predicted molar refractivity (Wildman–Crippen MR) is 97.8 cm³/mol. The molecule has 0 fully saturated rings. The highest BCUT2D eigenvalue weighted by molar-refractivity contribution is 8.00. The van der Waals surface area contributed by atoms with Gasteiger partial charge in [0.05, 0.1) is 11.2 Å². The molecule has 8 nitrogen and oxygen atoms in total. The van der Waals surface area contributed by atoms with Crippen molar-refractivity contribution >= 4 is 35.1 Å². The van der Waals surface area contributed by atoms with Crippen LogP contribution in [0.5, 0.6) is 0 Å². The zero-order valence-electron chi connectivity index (χ0n) is 14.5. The van der Waals surface area contributed by atoms with Gasteiger partial charge >= 0.3 is 0 Å². The molecule has 0 saturated heterocycles. The molecular formula is C17H18FN4O4S-. The number of nitrogens with zero attached hydrogens (tertiary/aromatic N) is 1. The van der Waals surface area contributed by atoms with Crippen molar-refractivity contribution in [2.45, 2.75) is 36.6 Å². The molecule has 0 aliphatic rings. The molecule has 0 radical (unpaired) electrons. The molecule has 1 atom stereocenters. The van der Waals surface area contributed by atoms with E-state index in [1.807, 2.05) is 6.92 Å². The smallest absolute Gasteiger partial charge is 0.277 e. The number of anilines is 2. The fourth-order valence-corrected chi connectivity index (χ4v) is 3.13. The number of benzene rings is 1. The first kappa shape index (κ1) is 20.4. The lowest BCUT2D eigenvalue weighted by atomic mass is 10.2. The fourth-order valence-electron chi connectivity index (χ4n) is 2.18. The van der Waals surface area contributed by atoms with Crippen molar-refractivity contribution in [3.8, 4) is 0 Å². The number of aliphatic carboxylic acids is 1. The van der Waals surface area contributed by atoms with Crippen LogP contribution in [0.3, 0.4) is 0 Å². The summed E-state index contributed by atoms with van der Waals surface area (Å²) < 4.78 is 12.9. The second kappa shape index (κ2) is 9.17. The molecule has 2 aromatic rings. The summed E-state index contributed by atoms with van der Waals surface area (Å²) in [6.45, 7) is 1.92. The molecule has 0 aliphatic heterocycles. The van der Waals surface area contributed by atoms with Gasteiger partial charge in [-0.1, -0.05) is 31.5 Å². The van der Waals surface area contributed by atoms with Crippen LogP contribution >= 0.6 is 11.8 Å². The lowest BCUT2D eigenvalue weighted by molar-refractivity contribution is -0.304. The Kier molecular flexibility index (Phi) is 6.94. The predicted octanol–water partition coefficient (Wildman–Crippen LogP) is 1.14. The van der Waals surface area contributed by atoms with Crippen molar-refractivity contribution in [2.24, 2.45) is 0 Å². The van der Waals surface area contributed by atoms with E-state index in [2.05, 4.69) is 15.3 Å². The first-order valence-corrected chi connectivity index (χ1v) is 9.04. The molecule has 4 N–H and O–H groups in total. The SMILES string of the molecule is CCCC[C@H](Sc1nc(N)c(NC(=O)c2ccc(F)cc2)c(=O)[nH]1)C(=O)[O-].